The molecule has 0 amide bonds. The van der Waals surface area contributed by atoms with Gasteiger partial charge in [0.05, 0.1) is 12.8 Å². The quantitative estimate of drug-likeness (QED) is 0.702. The van der Waals surface area contributed by atoms with Crippen LogP contribution in [0.25, 0.3) is 6.08 Å². The molecule has 1 rings (SSSR count). The van der Waals surface area contributed by atoms with E-state index in [1.807, 2.05) is 19.2 Å². The van der Waals surface area contributed by atoms with Gasteiger partial charge in [0.2, 0.25) is 0 Å². The van der Waals surface area contributed by atoms with Crippen LogP contribution in [0.2, 0.25) is 0 Å². The fourth-order valence-electron chi connectivity index (χ4n) is 1.48. The smallest absolute Gasteiger partial charge is 0.138 e. The number of aromatic nitrogens is 1. The molecule has 0 unspecified atom stereocenters. The predicted molar refractivity (Wildman–Crippen MR) is 72.2 cm³/mol. The topological polar surface area (TPSA) is 34.2 Å². The van der Waals surface area contributed by atoms with E-state index in [-0.39, 0.29) is 0 Å². The second-order valence-electron chi connectivity index (χ2n) is 3.83. The summed E-state index contributed by atoms with van der Waals surface area (Å²) in [6, 6.07) is 2.01. The molecule has 0 aliphatic rings. The van der Waals surface area contributed by atoms with Crippen molar-refractivity contribution in [1.29, 1.82) is 0 Å². The number of hydrogen-bond donors (Lipinski definition) is 1. The number of hydrogen-bond acceptors (Lipinski definition) is 3. The van der Waals surface area contributed by atoms with Gasteiger partial charge in [-0.3, -0.25) is 4.98 Å². The summed E-state index contributed by atoms with van der Waals surface area (Å²) in [4.78, 5) is 4.14. The fraction of sp³-hybridized carbons (Fsp3) is 0.500. The summed E-state index contributed by atoms with van der Waals surface area (Å²) in [5, 5.41) is 3.36. The van der Waals surface area contributed by atoms with E-state index in [1.54, 1.807) is 6.20 Å². The van der Waals surface area contributed by atoms with Crippen molar-refractivity contribution in [2.75, 3.05) is 19.7 Å². The average molecular weight is 234 g/mol. The van der Waals surface area contributed by atoms with Crippen molar-refractivity contribution in [2.45, 2.75) is 26.7 Å². The highest BCUT2D eigenvalue weighted by Crippen LogP contribution is 2.12. The second-order valence-corrected chi connectivity index (χ2v) is 3.83. The summed E-state index contributed by atoms with van der Waals surface area (Å²) in [6.07, 6.45) is 10.1. The van der Waals surface area contributed by atoms with E-state index in [1.165, 1.54) is 6.42 Å². The predicted octanol–water partition coefficient (Wildman–Crippen LogP) is 2.88. The number of rotatable bonds is 8. The maximum absolute atomic E-state index is 5.40. The van der Waals surface area contributed by atoms with Crippen molar-refractivity contribution >= 4 is 6.08 Å². The minimum Gasteiger partial charge on any atom is -0.492 e. The summed E-state index contributed by atoms with van der Waals surface area (Å²) in [5.74, 6) is 0.832. The van der Waals surface area contributed by atoms with Crippen LogP contribution >= 0.6 is 0 Å². The molecule has 17 heavy (non-hydrogen) atoms. The van der Waals surface area contributed by atoms with Gasteiger partial charge in [-0.15, -0.1) is 0 Å². The van der Waals surface area contributed by atoms with Gasteiger partial charge in [-0.25, -0.2) is 0 Å². The molecule has 0 saturated heterocycles. The largest absolute Gasteiger partial charge is 0.492 e. The summed E-state index contributed by atoms with van der Waals surface area (Å²) >= 11 is 0. The van der Waals surface area contributed by atoms with E-state index in [2.05, 4.69) is 29.4 Å². The molecule has 1 N–H and O–H groups in total. The van der Waals surface area contributed by atoms with Crippen LogP contribution in [0.4, 0.5) is 0 Å². The van der Waals surface area contributed by atoms with Crippen molar-refractivity contribution in [3.63, 3.8) is 0 Å². The Morgan fingerprint density at radius 3 is 2.94 bits per heavy atom. The fourth-order valence-corrected chi connectivity index (χ4v) is 1.48. The number of pyridine rings is 1. The van der Waals surface area contributed by atoms with Crippen molar-refractivity contribution < 1.29 is 4.74 Å². The molecule has 0 saturated carbocycles. The van der Waals surface area contributed by atoms with Gasteiger partial charge in [0.15, 0.2) is 0 Å². The van der Waals surface area contributed by atoms with Crippen LogP contribution in [0.15, 0.2) is 24.5 Å². The van der Waals surface area contributed by atoms with Gasteiger partial charge >= 0.3 is 0 Å². The third-order valence-corrected chi connectivity index (χ3v) is 2.27. The lowest BCUT2D eigenvalue weighted by atomic mass is 10.2. The van der Waals surface area contributed by atoms with Crippen LogP contribution in [-0.4, -0.2) is 24.7 Å². The van der Waals surface area contributed by atoms with Gasteiger partial charge < -0.3 is 10.1 Å². The third-order valence-electron chi connectivity index (χ3n) is 2.27. The SMILES string of the molecule is CCCNCC/C=C/c1cncc(OCC)c1. The lowest BCUT2D eigenvalue weighted by molar-refractivity contribution is 0.339. The van der Waals surface area contributed by atoms with Crippen LogP contribution in [0, 0.1) is 0 Å². The van der Waals surface area contributed by atoms with Crippen LogP contribution in [0.1, 0.15) is 32.3 Å². The van der Waals surface area contributed by atoms with Gasteiger partial charge in [-0.05, 0) is 44.5 Å². The van der Waals surface area contributed by atoms with Gasteiger partial charge in [-0.1, -0.05) is 19.1 Å². The van der Waals surface area contributed by atoms with Crippen molar-refractivity contribution in [3.05, 3.63) is 30.1 Å². The Kier molecular flexibility index (Phi) is 7.07. The van der Waals surface area contributed by atoms with Gasteiger partial charge in [0, 0.05) is 6.20 Å². The molecule has 0 aromatic carbocycles. The zero-order valence-electron chi connectivity index (χ0n) is 10.8. The minimum absolute atomic E-state index is 0.676. The maximum atomic E-state index is 5.40. The molecule has 0 aliphatic carbocycles. The highest BCUT2D eigenvalue weighted by molar-refractivity contribution is 5.49. The molecule has 0 radical (unpaired) electrons. The normalized spacial score (nSPS) is 10.9. The summed E-state index contributed by atoms with van der Waals surface area (Å²) < 4.78 is 5.40. The lowest BCUT2D eigenvalue weighted by Crippen LogP contribution is -2.14. The van der Waals surface area contributed by atoms with Crippen LogP contribution in [0.3, 0.4) is 0 Å². The Labute approximate surface area is 104 Å². The molecule has 0 spiro atoms. The summed E-state index contributed by atoms with van der Waals surface area (Å²) in [6.45, 7) is 6.95. The van der Waals surface area contributed by atoms with Crippen LogP contribution in [0.5, 0.6) is 5.75 Å². The molecular formula is C14H22N2O. The van der Waals surface area contributed by atoms with Crippen LogP contribution in [-0.2, 0) is 0 Å². The highest BCUT2D eigenvalue weighted by atomic mass is 16.5. The Hall–Kier alpha value is -1.35. The van der Waals surface area contributed by atoms with Crippen molar-refractivity contribution in [2.24, 2.45) is 0 Å². The Balaban J connectivity index is 2.34. The Morgan fingerprint density at radius 1 is 1.29 bits per heavy atom. The maximum Gasteiger partial charge on any atom is 0.138 e. The Morgan fingerprint density at radius 2 is 2.18 bits per heavy atom. The van der Waals surface area contributed by atoms with Gasteiger partial charge in [0.1, 0.15) is 5.75 Å². The molecular weight excluding hydrogens is 212 g/mol. The number of nitrogens with one attached hydrogen (secondary N) is 1. The molecule has 94 valence electrons. The molecule has 1 aromatic heterocycles. The van der Waals surface area contributed by atoms with E-state index in [0.29, 0.717) is 6.61 Å². The van der Waals surface area contributed by atoms with E-state index in [4.69, 9.17) is 4.74 Å². The molecule has 0 atom stereocenters. The first-order chi connectivity index (χ1) is 8.36. The van der Waals surface area contributed by atoms with Gasteiger partial charge in [-0.2, -0.15) is 0 Å². The molecule has 0 aliphatic heterocycles. The summed E-state index contributed by atoms with van der Waals surface area (Å²) in [7, 11) is 0. The number of nitrogens with zero attached hydrogens (tertiary/aromatic N) is 1. The molecule has 0 bridgehead atoms. The monoisotopic (exact) mass is 234 g/mol. The lowest BCUT2D eigenvalue weighted by Gasteiger charge is -2.02. The van der Waals surface area contributed by atoms with Crippen LogP contribution < -0.4 is 10.1 Å². The first-order valence-corrected chi connectivity index (χ1v) is 6.32. The zero-order valence-corrected chi connectivity index (χ0v) is 10.8. The highest BCUT2D eigenvalue weighted by Gasteiger charge is 1.93. The van der Waals surface area contributed by atoms with E-state index in [9.17, 15) is 0 Å². The standard InChI is InChI=1S/C14H22N2O/c1-3-8-15-9-6-5-7-13-10-14(17-4-2)12-16-11-13/h5,7,10-12,15H,3-4,6,8-9H2,1-2H3/b7-5+. The van der Waals surface area contributed by atoms with E-state index in [0.717, 1.165) is 30.8 Å². The molecule has 1 heterocycles. The first kappa shape index (κ1) is 13.7. The second kappa shape index (κ2) is 8.76. The zero-order chi connectivity index (χ0) is 12.3. The third kappa shape index (κ3) is 6.07. The molecule has 1 aromatic rings. The van der Waals surface area contributed by atoms with Crippen molar-refractivity contribution in [3.8, 4) is 5.75 Å². The molecule has 3 nitrogen and oxygen atoms in total. The molecule has 0 fully saturated rings. The Bertz CT molecular complexity index is 337. The first-order valence-electron chi connectivity index (χ1n) is 6.32. The van der Waals surface area contributed by atoms with E-state index < -0.39 is 0 Å². The minimum atomic E-state index is 0.676. The average Bonchev–Trinajstić information content (AvgIpc) is 2.35. The van der Waals surface area contributed by atoms with Gasteiger partial charge in [0.25, 0.3) is 0 Å². The van der Waals surface area contributed by atoms with E-state index >= 15 is 0 Å². The molecule has 3 heteroatoms. The summed E-state index contributed by atoms with van der Waals surface area (Å²) in [5.41, 5.74) is 1.09. The van der Waals surface area contributed by atoms with Crippen molar-refractivity contribution in [1.82, 2.24) is 10.3 Å². The number of ether oxygens (including phenoxy) is 1.